The largest absolute Gasteiger partial charge is 0.395 e. The Morgan fingerprint density at radius 2 is 2.17 bits per heavy atom. The average Bonchev–Trinajstić information content (AvgIpc) is 2.28. The molecule has 100 valence electrons. The summed E-state index contributed by atoms with van der Waals surface area (Å²) >= 11 is 2.93. The Morgan fingerprint density at radius 1 is 1.56 bits per heavy atom. The number of aliphatic hydroxyl groups excluding tert-OH is 1. The smallest absolute Gasteiger partial charge is 0.293 e. The Labute approximate surface area is 112 Å². The molecule has 0 aliphatic carbocycles. The minimum Gasteiger partial charge on any atom is -0.395 e. The molecule has 0 bridgehead atoms. The normalized spacial score (nSPS) is 10.8. The van der Waals surface area contributed by atoms with Gasteiger partial charge in [-0.3, -0.25) is 10.1 Å². The number of nitrogens with zero attached hydrogens (tertiary/aromatic N) is 2. The fourth-order valence-corrected chi connectivity index (χ4v) is 2.00. The fraction of sp³-hybridized carbons (Fsp3) is 0.455. The molecule has 5 nitrogen and oxygen atoms in total. The quantitative estimate of drug-likeness (QED) is 0.669. The number of halogens is 2. The second-order valence-corrected chi connectivity index (χ2v) is 4.88. The number of nitro benzene ring substituents is 1. The lowest BCUT2D eigenvalue weighted by Gasteiger charge is -2.27. The van der Waals surface area contributed by atoms with E-state index < -0.39 is 10.7 Å². The molecule has 0 saturated heterocycles. The summed E-state index contributed by atoms with van der Waals surface area (Å²) in [6.45, 7) is 3.69. The van der Waals surface area contributed by atoms with Crippen LogP contribution in [-0.2, 0) is 0 Å². The third-order valence-electron chi connectivity index (χ3n) is 2.49. The molecule has 0 aliphatic heterocycles. The molecule has 0 atom stereocenters. The first-order valence-electron chi connectivity index (χ1n) is 5.39. The summed E-state index contributed by atoms with van der Waals surface area (Å²) in [6, 6.07) is 2.16. The number of aliphatic hydroxyl groups is 1. The van der Waals surface area contributed by atoms with Crippen molar-refractivity contribution in [2.24, 2.45) is 0 Å². The number of benzene rings is 1. The summed E-state index contributed by atoms with van der Waals surface area (Å²) in [4.78, 5) is 12.0. The van der Waals surface area contributed by atoms with Gasteiger partial charge in [0.25, 0.3) is 5.69 Å². The van der Waals surface area contributed by atoms with E-state index in [1.54, 1.807) is 4.90 Å². The van der Waals surface area contributed by atoms with Crippen LogP contribution in [-0.4, -0.2) is 29.2 Å². The number of rotatable bonds is 5. The summed E-state index contributed by atoms with van der Waals surface area (Å²) in [6.07, 6.45) is 0. The SMILES string of the molecule is CC(C)N(CCO)c1cc(F)c(Br)cc1[N+](=O)[O-]. The first-order valence-corrected chi connectivity index (χ1v) is 6.18. The summed E-state index contributed by atoms with van der Waals surface area (Å²) in [5.74, 6) is -0.570. The topological polar surface area (TPSA) is 66.6 Å². The van der Waals surface area contributed by atoms with Crippen LogP contribution in [0.5, 0.6) is 0 Å². The molecule has 0 heterocycles. The molecule has 0 aliphatic rings. The van der Waals surface area contributed by atoms with Crippen LogP contribution in [0.2, 0.25) is 0 Å². The molecule has 7 heteroatoms. The molecular weight excluding hydrogens is 307 g/mol. The van der Waals surface area contributed by atoms with Crippen molar-refractivity contribution in [3.63, 3.8) is 0 Å². The lowest BCUT2D eigenvalue weighted by atomic mass is 10.2. The first-order chi connectivity index (χ1) is 8.38. The van der Waals surface area contributed by atoms with Crippen molar-refractivity contribution in [2.75, 3.05) is 18.1 Å². The molecular formula is C11H14BrFN2O3. The van der Waals surface area contributed by atoms with E-state index >= 15 is 0 Å². The molecule has 1 aromatic carbocycles. The Balaban J connectivity index is 3.35. The van der Waals surface area contributed by atoms with Gasteiger partial charge in [0.1, 0.15) is 11.5 Å². The predicted octanol–water partition coefficient (Wildman–Crippen LogP) is 2.70. The summed E-state index contributed by atoms with van der Waals surface area (Å²) in [5.41, 5.74) is -0.0184. The molecule has 0 spiro atoms. The van der Waals surface area contributed by atoms with Gasteiger partial charge in [-0.15, -0.1) is 0 Å². The van der Waals surface area contributed by atoms with Gasteiger partial charge in [0.15, 0.2) is 0 Å². The highest BCUT2D eigenvalue weighted by Gasteiger charge is 2.23. The monoisotopic (exact) mass is 320 g/mol. The van der Waals surface area contributed by atoms with Gasteiger partial charge in [-0.25, -0.2) is 4.39 Å². The van der Waals surface area contributed by atoms with Crippen molar-refractivity contribution in [3.8, 4) is 0 Å². The lowest BCUT2D eigenvalue weighted by molar-refractivity contribution is -0.384. The van der Waals surface area contributed by atoms with Crippen molar-refractivity contribution in [3.05, 3.63) is 32.5 Å². The highest BCUT2D eigenvalue weighted by Crippen LogP contribution is 2.34. The molecule has 0 radical (unpaired) electrons. The van der Waals surface area contributed by atoms with Crippen LogP contribution in [0.1, 0.15) is 13.8 Å². The van der Waals surface area contributed by atoms with E-state index in [9.17, 15) is 14.5 Å². The molecule has 0 fully saturated rings. The van der Waals surface area contributed by atoms with Crippen molar-refractivity contribution >= 4 is 27.3 Å². The highest BCUT2D eigenvalue weighted by molar-refractivity contribution is 9.10. The zero-order valence-corrected chi connectivity index (χ0v) is 11.6. The number of nitro groups is 1. The van der Waals surface area contributed by atoms with Gasteiger partial charge in [-0.1, -0.05) is 0 Å². The van der Waals surface area contributed by atoms with Crippen molar-refractivity contribution in [2.45, 2.75) is 19.9 Å². The Morgan fingerprint density at radius 3 is 2.61 bits per heavy atom. The molecule has 1 N–H and O–H groups in total. The maximum Gasteiger partial charge on any atom is 0.293 e. The van der Waals surface area contributed by atoms with E-state index in [1.165, 1.54) is 0 Å². The summed E-state index contributed by atoms with van der Waals surface area (Å²) in [7, 11) is 0. The molecule has 18 heavy (non-hydrogen) atoms. The number of anilines is 1. The van der Waals surface area contributed by atoms with E-state index in [-0.39, 0.29) is 35.0 Å². The Hall–Kier alpha value is -1.21. The minimum atomic E-state index is -0.570. The average molecular weight is 321 g/mol. The number of hydrogen-bond acceptors (Lipinski definition) is 4. The zero-order chi connectivity index (χ0) is 13.9. The second kappa shape index (κ2) is 6.10. The molecule has 1 rings (SSSR count). The zero-order valence-electron chi connectivity index (χ0n) is 10.1. The van der Waals surface area contributed by atoms with E-state index in [0.717, 1.165) is 12.1 Å². The third-order valence-corrected chi connectivity index (χ3v) is 3.10. The summed E-state index contributed by atoms with van der Waals surface area (Å²) < 4.78 is 13.6. The highest BCUT2D eigenvalue weighted by atomic mass is 79.9. The first kappa shape index (κ1) is 14.8. The van der Waals surface area contributed by atoms with Gasteiger partial charge >= 0.3 is 0 Å². The van der Waals surface area contributed by atoms with Crippen LogP contribution in [0.25, 0.3) is 0 Å². The fourth-order valence-electron chi connectivity index (χ4n) is 1.67. The van der Waals surface area contributed by atoms with Gasteiger partial charge in [0.05, 0.1) is 16.0 Å². The van der Waals surface area contributed by atoms with E-state index in [4.69, 9.17) is 5.11 Å². The van der Waals surface area contributed by atoms with Gasteiger partial charge in [-0.2, -0.15) is 0 Å². The molecule has 0 saturated carbocycles. The van der Waals surface area contributed by atoms with Crippen LogP contribution >= 0.6 is 15.9 Å². The van der Waals surface area contributed by atoms with Crippen LogP contribution in [0.4, 0.5) is 15.8 Å². The minimum absolute atomic E-state index is 0.0469. The third kappa shape index (κ3) is 3.17. The Kier molecular flexibility index (Phi) is 5.03. The molecule has 1 aromatic rings. The second-order valence-electron chi connectivity index (χ2n) is 4.02. The standard InChI is InChI=1S/C11H14BrFN2O3/c1-7(2)14(3-4-16)10-6-9(13)8(12)5-11(10)15(17)18/h5-7,16H,3-4H2,1-2H3. The lowest BCUT2D eigenvalue weighted by Crippen LogP contribution is -2.34. The van der Waals surface area contributed by atoms with Gasteiger partial charge < -0.3 is 10.0 Å². The van der Waals surface area contributed by atoms with Gasteiger partial charge in [-0.05, 0) is 29.8 Å². The van der Waals surface area contributed by atoms with Crippen LogP contribution in [0, 0.1) is 15.9 Å². The van der Waals surface area contributed by atoms with E-state index in [2.05, 4.69) is 15.9 Å². The van der Waals surface area contributed by atoms with Crippen molar-refractivity contribution in [1.29, 1.82) is 0 Å². The van der Waals surface area contributed by atoms with Crippen LogP contribution in [0.3, 0.4) is 0 Å². The number of hydrogen-bond donors (Lipinski definition) is 1. The molecule has 0 aromatic heterocycles. The van der Waals surface area contributed by atoms with Gasteiger partial charge in [0.2, 0.25) is 0 Å². The van der Waals surface area contributed by atoms with E-state index in [1.807, 2.05) is 13.8 Å². The molecule has 0 amide bonds. The van der Waals surface area contributed by atoms with Crippen molar-refractivity contribution in [1.82, 2.24) is 0 Å². The maximum atomic E-state index is 13.5. The molecule has 0 unspecified atom stereocenters. The van der Waals surface area contributed by atoms with Crippen LogP contribution < -0.4 is 4.90 Å². The van der Waals surface area contributed by atoms with Crippen molar-refractivity contribution < 1.29 is 14.4 Å². The van der Waals surface area contributed by atoms with Gasteiger partial charge in [0, 0.05) is 24.7 Å². The maximum absolute atomic E-state index is 13.5. The summed E-state index contributed by atoms with van der Waals surface area (Å²) in [5, 5.41) is 20.0. The van der Waals surface area contributed by atoms with E-state index in [0.29, 0.717) is 0 Å². The Bertz CT molecular complexity index is 454. The van der Waals surface area contributed by atoms with Crippen LogP contribution in [0.15, 0.2) is 16.6 Å². The predicted molar refractivity (Wildman–Crippen MR) is 70.3 cm³/mol.